The Morgan fingerprint density at radius 1 is 1.21 bits per heavy atom. The van der Waals surface area contributed by atoms with Gasteiger partial charge in [0, 0.05) is 11.4 Å². The van der Waals surface area contributed by atoms with Crippen LogP contribution in [0.2, 0.25) is 0 Å². The Morgan fingerprint density at radius 2 is 1.96 bits per heavy atom. The molecule has 0 aliphatic rings. The molecule has 1 amide bonds. The van der Waals surface area contributed by atoms with E-state index in [1.807, 2.05) is 32.9 Å². The highest BCUT2D eigenvalue weighted by Gasteiger charge is 2.07. The Kier molecular flexibility index (Phi) is 8.48. The van der Waals surface area contributed by atoms with Crippen molar-refractivity contribution in [2.75, 3.05) is 19.0 Å². The van der Waals surface area contributed by atoms with E-state index in [0.29, 0.717) is 29.9 Å². The summed E-state index contributed by atoms with van der Waals surface area (Å²) in [6.45, 7) is 10.2. The van der Waals surface area contributed by atoms with Crippen LogP contribution in [0.15, 0.2) is 47.2 Å². The molecule has 1 aromatic carbocycles. The van der Waals surface area contributed by atoms with Gasteiger partial charge in [-0.25, -0.2) is 15.4 Å². The summed E-state index contributed by atoms with van der Waals surface area (Å²) in [6, 6.07) is 7.31. The quantitative estimate of drug-likeness (QED) is 0.217. The number of hydrogen-bond donors (Lipinski definition) is 1. The lowest BCUT2D eigenvalue weighted by atomic mass is 10.2. The molecule has 0 bridgehead atoms. The number of aromatic nitrogens is 2. The lowest BCUT2D eigenvalue weighted by molar-refractivity contribution is -0.118. The van der Waals surface area contributed by atoms with Gasteiger partial charge in [0.05, 0.1) is 18.6 Å². The van der Waals surface area contributed by atoms with E-state index in [4.69, 9.17) is 9.47 Å². The molecule has 2 rings (SSSR count). The maximum absolute atomic E-state index is 12.0. The van der Waals surface area contributed by atoms with Crippen molar-refractivity contribution in [1.82, 2.24) is 15.4 Å². The molecule has 0 fully saturated rings. The molecule has 1 aromatic heterocycles. The summed E-state index contributed by atoms with van der Waals surface area (Å²) >= 11 is 1.27. The van der Waals surface area contributed by atoms with Crippen LogP contribution in [-0.4, -0.2) is 41.1 Å². The van der Waals surface area contributed by atoms with Crippen LogP contribution in [0.1, 0.15) is 23.9 Å². The van der Waals surface area contributed by atoms with Gasteiger partial charge >= 0.3 is 0 Å². The molecule has 0 saturated carbocycles. The highest BCUT2D eigenvalue weighted by Crippen LogP contribution is 2.28. The normalized spacial score (nSPS) is 10.7. The van der Waals surface area contributed by atoms with Gasteiger partial charge in [0.2, 0.25) is 0 Å². The summed E-state index contributed by atoms with van der Waals surface area (Å²) in [7, 11) is 0. The van der Waals surface area contributed by atoms with Crippen LogP contribution in [-0.2, 0) is 4.79 Å². The van der Waals surface area contributed by atoms with E-state index in [9.17, 15) is 4.79 Å². The highest BCUT2D eigenvalue weighted by atomic mass is 32.2. The fraction of sp³-hybridized carbons (Fsp3) is 0.300. The summed E-state index contributed by atoms with van der Waals surface area (Å²) in [5.41, 5.74) is 5.03. The molecule has 8 heteroatoms. The number of hydrazone groups is 1. The monoisotopic (exact) mass is 400 g/mol. The Hall–Kier alpha value is -2.87. The molecule has 7 nitrogen and oxygen atoms in total. The fourth-order valence-corrected chi connectivity index (χ4v) is 2.98. The Bertz CT molecular complexity index is 835. The van der Waals surface area contributed by atoms with Crippen molar-refractivity contribution in [3.8, 4) is 11.5 Å². The maximum atomic E-state index is 12.0. The van der Waals surface area contributed by atoms with Crippen LogP contribution in [0.4, 0.5) is 0 Å². The predicted molar refractivity (Wildman–Crippen MR) is 111 cm³/mol. The van der Waals surface area contributed by atoms with Crippen molar-refractivity contribution in [3.63, 3.8) is 0 Å². The molecule has 0 unspecified atom stereocenters. The Labute approximate surface area is 169 Å². The van der Waals surface area contributed by atoms with E-state index in [2.05, 4.69) is 27.1 Å². The Balaban J connectivity index is 1.91. The van der Waals surface area contributed by atoms with Gasteiger partial charge in [-0.2, -0.15) is 5.10 Å². The third kappa shape index (κ3) is 7.03. The standard InChI is InChI=1S/C20H24N4O3S/c1-5-9-27-17-8-7-16(11-18(17)26-6-2)12-21-24-19(25)13-28-20-22-14(3)10-15(4)23-20/h5,7-8,10-12H,1,6,9,13H2,2-4H3,(H,24,25)/b21-12-. The van der Waals surface area contributed by atoms with Gasteiger partial charge in [-0.05, 0) is 50.6 Å². The smallest absolute Gasteiger partial charge is 0.250 e. The number of amides is 1. The first-order valence-electron chi connectivity index (χ1n) is 8.79. The van der Waals surface area contributed by atoms with Gasteiger partial charge < -0.3 is 9.47 Å². The first kappa shape index (κ1) is 21.4. The number of ether oxygens (including phenoxy) is 2. The second-order valence-electron chi connectivity index (χ2n) is 5.75. The zero-order valence-electron chi connectivity index (χ0n) is 16.3. The molecule has 0 saturated heterocycles. The molecule has 28 heavy (non-hydrogen) atoms. The third-order valence-corrected chi connectivity index (χ3v) is 4.17. The van der Waals surface area contributed by atoms with E-state index in [0.717, 1.165) is 17.0 Å². The van der Waals surface area contributed by atoms with Gasteiger partial charge in [0.1, 0.15) is 6.61 Å². The second-order valence-corrected chi connectivity index (χ2v) is 6.70. The number of nitrogens with one attached hydrogen (secondary N) is 1. The van der Waals surface area contributed by atoms with Crippen molar-refractivity contribution in [2.24, 2.45) is 5.10 Å². The number of aryl methyl sites for hydroxylation is 2. The lowest BCUT2D eigenvalue weighted by Gasteiger charge is -2.11. The van der Waals surface area contributed by atoms with Crippen molar-refractivity contribution in [2.45, 2.75) is 25.9 Å². The Morgan fingerprint density at radius 3 is 2.64 bits per heavy atom. The third-order valence-electron chi connectivity index (χ3n) is 3.32. The van der Waals surface area contributed by atoms with E-state index >= 15 is 0 Å². The number of carbonyl (C=O) groups excluding carboxylic acids is 1. The first-order chi connectivity index (χ1) is 13.5. The van der Waals surface area contributed by atoms with Crippen LogP contribution < -0.4 is 14.9 Å². The van der Waals surface area contributed by atoms with Gasteiger partial charge in [-0.15, -0.1) is 0 Å². The molecule has 0 atom stereocenters. The van der Waals surface area contributed by atoms with E-state index in [1.165, 1.54) is 11.8 Å². The van der Waals surface area contributed by atoms with Crippen LogP contribution >= 0.6 is 11.8 Å². The lowest BCUT2D eigenvalue weighted by Crippen LogP contribution is -2.19. The van der Waals surface area contributed by atoms with E-state index < -0.39 is 0 Å². The molecule has 0 radical (unpaired) electrons. The molecule has 148 valence electrons. The van der Waals surface area contributed by atoms with E-state index in [1.54, 1.807) is 24.4 Å². The molecule has 1 heterocycles. The van der Waals surface area contributed by atoms with Crippen LogP contribution in [0.5, 0.6) is 11.5 Å². The van der Waals surface area contributed by atoms with Gasteiger partial charge in [-0.1, -0.05) is 24.4 Å². The largest absolute Gasteiger partial charge is 0.490 e. The predicted octanol–water partition coefficient (Wildman–Crippen LogP) is 3.30. The maximum Gasteiger partial charge on any atom is 0.250 e. The number of benzene rings is 1. The molecule has 0 aliphatic heterocycles. The SMILES string of the molecule is C=CCOc1ccc(/C=N\NC(=O)CSc2nc(C)cc(C)n2)cc1OCC. The summed E-state index contributed by atoms with van der Waals surface area (Å²) in [5.74, 6) is 1.19. The van der Waals surface area contributed by atoms with Crippen LogP contribution in [0.3, 0.4) is 0 Å². The molecule has 0 spiro atoms. The van der Waals surface area contributed by atoms with Gasteiger partial charge in [-0.3, -0.25) is 4.79 Å². The molecule has 1 N–H and O–H groups in total. The van der Waals surface area contributed by atoms with Crippen molar-refractivity contribution >= 4 is 23.9 Å². The number of hydrogen-bond acceptors (Lipinski definition) is 7. The molecular weight excluding hydrogens is 376 g/mol. The zero-order chi connectivity index (χ0) is 20.4. The number of carbonyl (C=O) groups is 1. The highest BCUT2D eigenvalue weighted by molar-refractivity contribution is 7.99. The van der Waals surface area contributed by atoms with Crippen LogP contribution in [0.25, 0.3) is 0 Å². The summed E-state index contributed by atoms with van der Waals surface area (Å²) < 4.78 is 11.1. The van der Waals surface area contributed by atoms with Crippen LogP contribution in [0, 0.1) is 13.8 Å². The first-order valence-corrected chi connectivity index (χ1v) is 9.78. The van der Waals surface area contributed by atoms with E-state index in [-0.39, 0.29) is 11.7 Å². The van der Waals surface area contributed by atoms with Crippen molar-refractivity contribution < 1.29 is 14.3 Å². The van der Waals surface area contributed by atoms with Crippen molar-refractivity contribution in [1.29, 1.82) is 0 Å². The summed E-state index contributed by atoms with van der Waals surface area (Å²) in [5, 5.41) is 4.57. The van der Waals surface area contributed by atoms with Gasteiger partial charge in [0.15, 0.2) is 16.7 Å². The van der Waals surface area contributed by atoms with Gasteiger partial charge in [0.25, 0.3) is 5.91 Å². The number of nitrogens with zero attached hydrogens (tertiary/aromatic N) is 3. The van der Waals surface area contributed by atoms with Crippen molar-refractivity contribution in [3.05, 3.63) is 53.9 Å². The average Bonchev–Trinajstić information content (AvgIpc) is 2.65. The topological polar surface area (TPSA) is 85.7 Å². The molecule has 2 aromatic rings. The molecular formula is C20H24N4O3S. The zero-order valence-corrected chi connectivity index (χ0v) is 17.1. The number of rotatable bonds is 10. The summed E-state index contributed by atoms with van der Waals surface area (Å²) in [4.78, 5) is 20.5. The minimum absolute atomic E-state index is 0.179. The molecule has 0 aliphatic carbocycles. The average molecular weight is 401 g/mol. The summed E-state index contributed by atoms with van der Waals surface area (Å²) in [6.07, 6.45) is 3.22. The fourth-order valence-electron chi connectivity index (χ4n) is 2.24. The minimum Gasteiger partial charge on any atom is -0.490 e. The second kappa shape index (κ2) is 11.1. The number of thioether (sulfide) groups is 1. The minimum atomic E-state index is -0.236.